The summed E-state index contributed by atoms with van der Waals surface area (Å²) < 4.78 is 28.8. The number of hydrogen-bond acceptors (Lipinski definition) is 3. The van der Waals surface area contributed by atoms with E-state index < -0.39 is 10.2 Å². The number of rotatable bonds is 4. The van der Waals surface area contributed by atoms with E-state index in [-0.39, 0.29) is 12.3 Å². The largest absolute Gasteiger partial charge is 0.340 e. The molecular weight excluding hydrogens is 374 g/mol. The van der Waals surface area contributed by atoms with Crippen LogP contribution in [-0.4, -0.2) is 67.1 Å². The molecule has 0 aromatic heterocycles. The lowest BCUT2D eigenvalue weighted by Gasteiger charge is -2.36. The lowest BCUT2D eigenvalue weighted by atomic mass is 10.1. The Morgan fingerprint density at radius 1 is 0.885 bits per heavy atom. The molecular formula is C18H26ClN3O3S. The van der Waals surface area contributed by atoms with Gasteiger partial charge in [0.2, 0.25) is 5.91 Å². The molecule has 0 N–H and O–H groups in total. The number of carbonyl (C=O) groups is 1. The van der Waals surface area contributed by atoms with E-state index in [1.807, 2.05) is 18.2 Å². The van der Waals surface area contributed by atoms with Gasteiger partial charge in [0.05, 0.1) is 6.42 Å². The Bertz CT molecular complexity index is 725. The van der Waals surface area contributed by atoms with E-state index in [0.29, 0.717) is 44.3 Å². The zero-order valence-corrected chi connectivity index (χ0v) is 16.5. The average molecular weight is 400 g/mol. The first-order chi connectivity index (χ1) is 12.5. The number of nitrogens with zero attached hydrogens (tertiary/aromatic N) is 3. The summed E-state index contributed by atoms with van der Waals surface area (Å²) in [5.41, 5.74) is 0.804. The fraction of sp³-hybridized carbons (Fsp3) is 0.611. The molecule has 2 heterocycles. The fourth-order valence-corrected chi connectivity index (χ4v) is 5.39. The topological polar surface area (TPSA) is 60.9 Å². The molecule has 0 saturated carbocycles. The summed E-state index contributed by atoms with van der Waals surface area (Å²) in [6.45, 7) is 2.77. The van der Waals surface area contributed by atoms with Crippen molar-refractivity contribution in [3.05, 3.63) is 34.9 Å². The zero-order chi connectivity index (χ0) is 18.6. The van der Waals surface area contributed by atoms with Gasteiger partial charge in [-0.2, -0.15) is 17.0 Å². The number of hydrogen-bond donors (Lipinski definition) is 0. The van der Waals surface area contributed by atoms with Crippen LogP contribution in [0.15, 0.2) is 24.3 Å². The Morgan fingerprint density at radius 2 is 1.46 bits per heavy atom. The highest BCUT2D eigenvalue weighted by atomic mass is 35.5. The molecule has 8 heteroatoms. The van der Waals surface area contributed by atoms with E-state index in [4.69, 9.17) is 11.6 Å². The molecule has 1 amide bonds. The van der Waals surface area contributed by atoms with Crippen molar-refractivity contribution in [1.82, 2.24) is 13.5 Å². The smallest absolute Gasteiger partial charge is 0.282 e. The highest BCUT2D eigenvalue weighted by Gasteiger charge is 2.33. The number of halogens is 1. The Balaban J connectivity index is 1.56. The van der Waals surface area contributed by atoms with E-state index in [2.05, 4.69) is 0 Å². The van der Waals surface area contributed by atoms with Gasteiger partial charge in [0.15, 0.2) is 0 Å². The SMILES string of the molecule is O=C(Cc1ccccc1Cl)N1CCN(S(=O)(=O)N2CCCCCC2)CC1. The third kappa shape index (κ3) is 4.57. The molecule has 1 aromatic rings. The first-order valence-corrected chi connectivity index (χ1v) is 11.0. The molecule has 0 spiro atoms. The van der Waals surface area contributed by atoms with Crippen LogP contribution in [0.4, 0.5) is 0 Å². The molecule has 0 bridgehead atoms. The van der Waals surface area contributed by atoms with Crippen molar-refractivity contribution >= 4 is 27.7 Å². The second kappa shape index (κ2) is 8.69. The quantitative estimate of drug-likeness (QED) is 0.779. The van der Waals surface area contributed by atoms with Crippen LogP contribution in [0.2, 0.25) is 5.02 Å². The van der Waals surface area contributed by atoms with Crippen LogP contribution < -0.4 is 0 Å². The van der Waals surface area contributed by atoms with Gasteiger partial charge >= 0.3 is 0 Å². The molecule has 2 saturated heterocycles. The van der Waals surface area contributed by atoms with Gasteiger partial charge < -0.3 is 4.90 Å². The van der Waals surface area contributed by atoms with Crippen molar-refractivity contribution in [2.45, 2.75) is 32.1 Å². The van der Waals surface area contributed by atoms with Gasteiger partial charge in [-0.25, -0.2) is 0 Å². The summed E-state index contributed by atoms with van der Waals surface area (Å²) >= 11 is 6.13. The monoisotopic (exact) mass is 399 g/mol. The van der Waals surface area contributed by atoms with Crippen LogP contribution in [0, 0.1) is 0 Å². The van der Waals surface area contributed by atoms with Gasteiger partial charge in [0, 0.05) is 44.3 Å². The molecule has 0 unspecified atom stereocenters. The third-order valence-electron chi connectivity index (χ3n) is 5.11. The highest BCUT2D eigenvalue weighted by Crippen LogP contribution is 2.19. The molecule has 0 radical (unpaired) electrons. The molecule has 3 rings (SSSR count). The minimum absolute atomic E-state index is 0.00933. The van der Waals surface area contributed by atoms with Gasteiger partial charge in [-0.3, -0.25) is 4.79 Å². The predicted molar refractivity (Wildman–Crippen MR) is 102 cm³/mol. The Morgan fingerprint density at radius 3 is 2.08 bits per heavy atom. The number of carbonyl (C=O) groups excluding carboxylic acids is 1. The van der Waals surface area contributed by atoms with Crippen LogP contribution in [0.1, 0.15) is 31.2 Å². The van der Waals surface area contributed by atoms with Gasteiger partial charge in [-0.1, -0.05) is 42.6 Å². The molecule has 0 atom stereocenters. The average Bonchev–Trinajstić information content (AvgIpc) is 2.94. The van der Waals surface area contributed by atoms with E-state index in [0.717, 1.165) is 31.2 Å². The minimum Gasteiger partial charge on any atom is -0.340 e. The van der Waals surface area contributed by atoms with E-state index >= 15 is 0 Å². The third-order valence-corrected chi connectivity index (χ3v) is 7.51. The van der Waals surface area contributed by atoms with Crippen LogP contribution in [-0.2, 0) is 21.4 Å². The Kier molecular flexibility index (Phi) is 6.55. The van der Waals surface area contributed by atoms with Crippen molar-refractivity contribution in [3.8, 4) is 0 Å². The molecule has 0 aliphatic carbocycles. The van der Waals surface area contributed by atoms with E-state index in [9.17, 15) is 13.2 Å². The van der Waals surface area contributed by atoms with Gasteiger partial charge in [0.1, 0.15) is 0 Å². The normalized spacial score (nSPS) is 20.7. The maximum absolute atomic E-state index is 12.8. The first kappa shape index (κ1) is 19.6. The van der Waals surface area contributed by atoms with E-state index in [1.165, 1.54) is 4.31 Å². The molecule has 6 nitrogen and oxygen atoms in total. The predicted octanol–water partition coefficient (Wildman–Crippen LogP) is 2.15. The first-order valence-electron chi connectivity index (χ1n) is 9.25. The molecule has 2 fully saturated rings. The minimum atomic E-state index is -3.42. The van der Waals surface area contributed by atoms with Crippen LogP contribution in [0.5, 0.6) is 0 Å². The zero-order valence-electron chi connectivity index (χ0n) is 14.9. The lowest BCUT2D eigenvalue weighted by molar-refractivity contribution is -0.131. The van der Waals surface area contributed by atoms with Crippen LogP contribution in [0.25, 0.3) is 0 Å². The van der Waals surface area contributed by atoms with Crippen LogP contribution in [0.3, 0.4) is 0 Å². The standard InChI is InChI=1S/C18H26ClN3O3S/c19-17-8-4-3-7-16(17)15-18(23)20-11-13-22(14-12-20)26(24,25)21-9-5-1-2-6-10-21/h3-4,7-8H,1-2,5-6,9-15H2. The van der Waals surface area contributed by atoms with Crippen molar-refractivity contribution in [1.29, 1.82) is 0 Å². The second-order valence-electron chi connectivity index (χ2n) is 6.87. The number of piperazine rings is 1. The van der Waals surface area contributed by atoms with Crippen molar-refractivity contribution in [3.63, 3.8) is 0 Å². The Hall–Kier alpha value is -1.15. The van der Waals surface area contributed by atoms with E-state index in [1.54, 1.807) is 15.3 Å². The number of benzene rings is 1. The summed E-state index contributed by atoms with van der Waals surface area (Å²) in [6, 6.07) is 7.32. The highest BCUT2D eigenvalue weighted by molar-refractivity contribution is 7.86. The summed E-state index contributed by atoms with van der Waals surface area (Å²) in [7, 11) is -3.42. The van der Waals surface area contributed by atoms with Gasteiger partial charge in [0.25, 0.3) is 10.2 Å². The summed E-state index contributed by atoms with van der Waals surface area (Å²) in [4.78, 5) is 14.2. The molecule has 1 aromatic carbocycles. The molecule has 2 aliphatic rings. The lowest BCUT2D eigenvalue weighted by Crippen LogP contribution is -2.54. The van der Waals surface area contributed by atoms with Crippen LogP contribution >= 0.6 is 11.6 Å². The van der Waals surface area contributed by atoms with Gasteiger partial charge in [-0.15, -0.1) is 0 Å². The molecule has 2 aliphatic heterocycles. The second-order valence-corrected chi connectivity index (χ2v) is 9.20. The summed E-state index contributed by atoms with van der Waals surface area (Å²) in [5.74, 6) is -0.00933. The van der Waals surface area contributed by atoms with Gasteiger partial charge in [-0.05, 0) is 24.5 Å². The summed E-state index contributed by atoms with van der Waals surface area (Å²) in [5, 5.41) is 0.586. The van der Waals surface area contributed by atoms with Crippen molar-refractivity contribution in [2.75, 3.05) is 39.3 Å². The van der Waals surface area contributed by atoms with Crippen molar-refractivity contribution < 1.29 is 13.2 Å². The molecule has 26 heavy (non-hydrogen) atoms. The maximum Gasteiger partial charge on any atom is 0.282 e. The van der Waals surface area contributed by atoms with Crippen molar-refractivity contribution in [2.24, 2.45) is 0 Å². The summed E-state index contributed by atoms with van der Waals surface area (Å²) in [6.07, 6.45) is 4.29. The fourth-order valence-electron chi connectivity index (χ4n) is 3.52. The maximum atomic E-state index is 12.8. The Labute approximate surface area is 160 Å². The molecule has 144 valence electrons. The number of amides is 1.